The molecule has 16 heavy (non-hydrogen) atoms. The third kappa shape index (κ3) is 1.31. The molecule has 1 aromatic carbocycles. The molecule has 0 bridgehead atoms. The lowest BCUT2D eigenvalue weighted by Gasteiger charge is -2.10. The van der Waals surface area contributed by atoms with Crippen LogP contribution in [0.1, 0.15) is 21.7 Å². The van der Waals surface area contributed by atoms with Crippen LogP contribution in [0.2, 0.25) is 0 Å². The van der Waals surface area contributed by atoms with Crippen LogP contribution in [0.25, 0.3) is 10.8 Å². The summed E-state index contributed by atoms with van der Waals surface area (Å²) in [4.78, 5) is 11.1. The standard InChI is InChI=1S/C12H11NO3/c1-7-8(2)13(16)11(12(14)15)10-6-4-3-5-9(7)10/h3-6H,1-2H3,(H,14,15). The summed E-state index contributed by atoms with van der Waals surface area (Å²) < 4.78 is 0.486. The number of hydrogen-bond donors (Lipinski definition) is 1. The van der Waals surface area contributed by atoms with Gasteiger partial charge in [0.05, 0.1) is 5.39 Å². The lowest BCUT2D eigenvalue weighted by atomic mass is 10.0. The molecular formula is C12H11NO3. The molecule has 0 spiro atoms. The molecule has 2 aromatic rings. The Morgan fingerprint density at radius 3 is 2.38 bits per heavy atom. The van der Waals surface area contributed by atoms with Crippen molar-refractivity contribution in [2.24, 2.45) is 0 Å². The zero-order chi connectivity index (χ0) is 11.9. The van der Waals surface area contributed by atoms with E-state index in [0.29, 0.717) is 15.8 Å². The highest BCUT2D eigenvalue weighted by Crippen LogP contribution is 2.21. The zero-order valence-corrected chi connectivity index (χ0v) is 9.02. The van der Waals surface area contributed by atoms with Crippen LogP contribution in [0.4, 0.5) is 0 Å². The van der Waals surface area contributed by atoms with Gasteiger partial charge in [-0.25, -0.2) is 4.79 Å². The predicted octanol–water partition coefficient (Wildman–Crippen LogP) is 1.79. The molecule has 2 rings (SSSR count). The first-order valence-electron chi connectivity index (χ1n) is 4.88. The number of carboxylic acids is 1. The molecular weight excluding hydrogens is 206 g/mol. The van der Waals surface area contributed by atoms with E-state index in [9.17, 15) is 10.0 Å². The quantitative estimate of drug-likeness (QED) is 0.585. The third-order valence-electron chi connectivity index (χ3n) is 2.84. The van der Waals surface area contributed by atoms with Gasteiger partial charge in [-0.2, -0.15) is 4.73 Å². The molecule has 0 aliphatic rings. The van der Waals surface area contributed by atoms with E-state index in [1.54, 1.807) is 19.1 Å². The highest BCUT2D eigenvalue weighted by Gasteiger charge is 2.23. The summed E-state index contributed by atoms with van der Waals surface area (Å²) in [5, 5.41) is 22.1. The molecule has 0 unspecified atom stereocenters. The minimum Gasteiger partial charge on any atom is -0.618 e. The van der Waals surface area contributed by atoms with Crippen molar-refractivity contribution in [1.82, 2.24) is 0 Å². The average molecular weight is 217 g/mol. The average Bonchev–Trinajstić information content (AvgIpc) is 2.26. The molecule has 1 heterocycles. The number of benzene rings is 1. The van der Waals surface area contributed by atoms with Gasteiger partial charge in [-0.15, -0.1) is 0 Å². The maximum absolute atomic E-state index is 11.8. The van der Waals surface area contributed by atoms with Gasteiger partial charge in [-0.05, 0) is 18.4 Å². The van der Waals surface area contributed by atoms with Crippen molar-refractivity contribution < 1.29 is 14.6 Å². The fraction of sp³-hybridized carbons (Fsp3) is 0.167. The van der Waals surface area contributed by atoms with E-state index >= 15 is 0 Å². The smallest absolute Gasteiger partial charge is 0.403 e. The minimum absolute atomic E-state index is 0.210. The topological polar surface area (TPSA) is 64.2 Å². The number of nitrogens with zero attached hydrogens (tertiary/aromatic N) is 1. The number of aromatic carboxylic acids is 1. The Hall–Kier alpha value is -2.10. The normalized spacial score (nSPS) is 10.6. The summed E-state index contributed by atoms with van der Waals surface area (Å²) in [6.45, 7) is 3.44. The van der Waals surface area contributed by atoms with Crippen LogP contribution < -0.4 is 4.73 Å². The van der Waals surface area contributed by atoms with Crippen molar-refractivity contribution in [3.63, 3.8) is 0 Å². The molecule has 0 aliphatic heterocycles. The molecule has 82 valence electrons. The second-order valence-electron chi connectivity index (χ2n) is 3.70. The van der Waals surface area contributed by atoms with Crippen molar-refractivity contribution in [2.75, 3.05) is 0 Å². The summed E-state index contributed by atoms with van der Waals surface area (Å²) in [5.74, 6) is -1.20. The number of aromatic nitrogens is 1. The molecule has 0 fully saturated rings. The lowest BCUT2D eigenvalue weighted by molar-refractivity contribution is -0.614. The summed E-state index contributed by atoms with van der Waals surface area (Å²) in [6.07, 6.45) is 0. The van der Waals surface area contributed by atoms with Crippen LogP contribution >= 0.6 is 0 Å². The number of hydrogen-bond acceptors (Lipinski definition) is 2. The summed E-state index contributed by atoms with van der Waals surface area (Å²) in [5.41, 5.74) is 1.03. The van der Waals surface area contributed by atoms with Crippen molar-refractivity contribution in [3.05, 3.63) is 46.4 Å². The minimum atomic E-state index is -1.20. The van der Waals surface area contributed by atoms with Crippen molar-refractivity contribution in [1.29, 1.82) is 0 Å². The maximum Gasteiger partial charge on any atom is 0.403 e. The fourth-order valence-electron chi connectivity index (χ4n) is 1.84. The van der Waals surface area contributed by atoms with E-state index in [1.807, 2.05) is 19.1 Å². The first-order valence-corrected chi connectivity index (χ1v) is 4.88. The second-order valence-corrected chi connectivity index (χ2v) is 3.70. The van der Waals surface area contributed by atoms with Crippen molar-refractivity contribution in [2.45, 2.75) is 13.8 Å². The van der Waals surface area contributed by atoms with E-state index in [1.165, 1.54) is 0 Å². The monoisotopic (exact) mass is 217 g/mol. The molecule has 1 aromatic heterocycles. The summed E-state index contributed by atoms with van der Waals surface area (Å²) >= 11 is 0. The molecule has 1 N–H and O–H groups in total. The number of pyridine rings is 1. The van der Waals surface area contributed by atoms with E-state index in [-0.39, 0.29) is 5.69 Å². The summed E-state index contributed by atoms with van der Waals surface area (Å²) in [7, 11) is 0. The van der Waals surface area contributed by atoms with Gasteiger partial charge in [0.25, 0.3) is 0 Å². The number of carboxylic acid groups (broad SMARTS) is 1. The Bertz CT molecular complexity index is 590. The van der Waals surface area contributed by atoms with Crippen LogP contribution in [0.15, 0.2) is 24.3 Å². The maximum atomic E-state index is 11.8. The van der Waals surface area contributed by atoms with Gasteiger partial charge in [0.1, 0.15) is 0 Å². The first kappa shape index (κ1) is 10.4. The molecule has 4 nitrogen and oxygen atoms in total. The number of fused-ring (bicyclic) bond motifs is 1. The molecule has 0 atom stereocenters. The Kier molecular flexibility index (Phi) is 2.27. The number of aryl methyl sites for hydroxylation is 1. The first-order chi connectivity index (χ1) is 7.54. The Labute approximate surface area is 92.3 Å². The van der Waals surface area contributed by atoms with Gasteiger partial charge in [0.2, 0.25) is 0 Å². The Morgan fingerprint density at radius 2 is 1.81 bits per heavy atom. The van der Waals surface area contributed by atoms with E-state index in [2.05, 4.69) is 0 Å². The predicted molar refractivity (Wildman–Crippen MR) is 59.3 cm³/mol. The molecule has 4 heteroatoms. The summed E-state index contributed by atoms with van der Waals surface area (Å²) in [6, 6.07) is 7.03. The van der Waals surface area contributed by atoms with Gasteiger partial charge in [-0.3, -0.25) is 0 Å². The van der Waals surface area contributed by atoms with Gasteiger partial charge >= 0.3 is 11.7 Å². The van der Waals surface area contributed by atoms with Crippen LogP contribution in [-0.4, -0.2) is 11.1 Å². The Balaban J connectivity index is 3.04. The number of carbonyl (C=O) groups is 1. The van der Waals surface area contributed by atoms with Crippen LogP contribution in [0, 0.1) is 19.1 Å². The van der Waals surface area contributed by atoms with Gasteiger partial charge in [0, 0.05) is 12.5 Å². The van der Waals surface area contributed by atoms with E-state index in [4.69, 9.17) is 5.11 Å². The van der Waals surface area contributed by atoms with Crippen LogP contribution in [-0.2, 0) is 0 Å². The molecule has 0 radical (unpaired) electrons. The van der Waals surface area contributed by atoms with Gasteiger partial charge < -0.3 is 10.3 Å². The zero-order valence-electron chi connectivity index (χ0n) is 9.02. The van der Waals surface area contributed by atoms with Crippen molar-refractivity contribution in [3.8, 4) is 0 Å². The van der Waals surface area contributed by atoms with Crippen LogP contribution in [0.3, 0.4) is 0 Å². The second kappa shape index (κ2) is 3.48. The van der Waals surface area contributed by atoms with E-state index in [0.717, 1.165) is 10.9 Å². The van der Waals surface area contributed by atoms with Crippen molar-refractivity contribution >= 4 is 16.7 Å². The van der Waals surface area contributed by atoms with Gasteiger partial charge in [0.15, 0.2) is 5.69 Å². The van der Waals surface area contributed by atoms with E-state index < -0.39 is 5.97 Å². The molecule has 0 amide bonds. The fourth-order valence-corrected chi connectivity index (χ4v) is 1.84. The third-order valence-corrected chi connectivity index (χ3v) is 2.84. The highest BCUT2D eigenvalue weighted by atomic mass is 16.5. The number of rotatable bonds is 1. The Morgan fingerprint density at radius 1 is 1.25 bits per heavy atom. The largest absolute Gasteiger partial charge is 0.618 e. The molecule has 0 aliphatic carbocycles. The SMILES string of the molecule is Cc1c(C)[n+]([O-])c(C(=O)O)c2ccccc12. The molecule has 0 saturated carbocycles. The molecule has 0 saturated heterocycles. The van der Waals surface area contributed by atoms with Crippen LogP contribution in [0.5, 0.6) is 0 Å². The van der Waals surface area contributed by atoms with Gasteiger partial charge in [-0.1, -0.05) is 18.2 Å². The lowest BCUT2D eigenvalue weighted by Crippen LogP contribution is -2.38. The highest BCUT2D eigenvalue weighted by molar-refractivity contribution is 6.01.